The van der Waals surface area contributed by atoms with E-state index in [4.69, 9.17) is 0 Å². The third-order valence-corrected chi connectivity index (χ3v) is 8.98. The minimum absolute atomic E-state index is 0.274. The maximum atomic E-state index is 2.40. The summed E-state index contributed by atoms with van der Waals surface area (Å²) in [6.07, 6.45) is 0. The van der Waals surface area contributed by atoms with E-state index in [1.807, 2.05) is 0 Å². The Bertz CT molecular complexity index is 1700. The Morgan fingerprint density at radius 3 is 0.864 bits per heavy atom. The van der Waals surface area contributed by atoms with Gasteiger partial charge < -0.3 is 9.80 Å². The monoisotopic (exact) mass is 570 g/mol. The third-order valence-electron chi connectivity index (χ3n) is 8.98. The SMILES string of the molecule is Cc1ccc(N(c2ccc(C)cc2)c2ccc3c(c2)C(C)c2cc(N(c4ccc(C)cc4)c4ccc(C)cc4)ccc2-3)cc1. The van der Waals surface area contributed by atoms with Gasteiger partial charge in [0.1, 0.15) is 0 Å². The first-order chi connectivity index (χ1) is 21.4. The molecule has 216 valence electrons. The summed E-state index contributed by atoms with van der Waals surface area (Å²) in [6.45, 7) is 10.9. The average molecular weight is 571 g/mol. The third kappa shape index (κ3) is 5.07. The molecule has 0 amide bonds. The molecule has 0 spiro atoms. The Hall–Kier alpha value is -5.08. The topological polar surface area (TPSA) is 6.48 Å². The molecular formula is C42H38N2. The fourth-order valence-electron chi connectivity index (χ4n) is 6.42. The maximum Gasteiger partial charge on any atom is 0.0465 e. The molecule has 0 radical (unpaired) electrons. The number of hydrogen-bond donors (Lipinski definition) is 0. The van der Waals surface area contributed by atoms with Crippen molar-refractivity contribution >= 4 is 34.1 Å². The highest BCUT2D eigenvalue weighted by Gasteiger charge is 2.28. The van der Waals surface area contributed by atoms with Crippen molar-refractivity contribution in [1.82, 2.24) is 0 Å². The molecule has 0 N–H and O–H groups in total. The Balaban J connectivity index is 1.30. The summed E-state index contributed by atoms with van der Waals surface area (Å²) in [4.78, 5) is 4.74. The Labute approximate surface area is 261 Å². The minimum Gasteiger partial charge on any atom is -0.310 e. The molecule has 0 unspecified atom stereocenters. The van der Waals surface area contributed by atoms with Crippen LogP contribution in [0.4, 0.5) is 34.1 Å². The van der Waals surface area contributed by atoms with E-state index >= 15 is 0 Å². The van der Waals surface area contributed by atoms with Crippen LogP contribution in [0.15, 0.2) is 133 Å². The molecule has 1 aliphatic rings. The lowest BCUT2D eigenvalue weighted by atomic mass is 9.98. The summed E-state index contributed by atoms with van der Waals surface area (Å²) >= 11 is 0. The van der Waals surface area contributed by atoms with Gasteiger partial charge in [-0.2, -0.15) is 0 Å². The zero-order valence-electron chi connectivity index (χ0n) is 26.2. The van der Waals surface area contributed by atoms with Gasteiger partial charge in [0.25, 0.3) is 0 Å². The van der Waals surface area contributed by atoms with Gasteiger partial charge in [-0.3, -0.25) is 0 Å². The standard InChI is InChI=1S/C42H38N2/c1-28-6-14-33(15-7-28)43(34-16-8-29(2)9-17-34)37-22-24-39-40-25-23-38(27-42(40)32(5)41(39)26-37)44(35-18-10-30(3)11-19-35)36-20-12-31(4)13-21-36/h6-27,32H,1-5H3. The predicted octanol–water partition coefficient (Wildman–Crippen LogP) is 12.0. The van der Waals surface area contributed by atoms with Crippen LogP contribution in [0.1, 0.15) is 46.2 Å². The molecule has 0 saturated carbocycles. The van der Waals surface area contributed by atoms with E-state index in [9.17, 15) is 0 Å². The van der Waals surface area contributed by atoms with Crippen LogP contribution in [-0.2, 0) is 0 Å². The summed E-state index contributed by atoms with van der Waals surface area (Å²) in [5.41, 5.74) is 17.5. The molecule has 0 bridgehead atoms. The van der Waals surface area contributed by atoms with Gasteiger partial charge in [0, 0.05) is 40.0 Å². The van der Waals surface area contributed by atoms with E-state index in [1.54, 1.807) is 0 Å². The highest BCUT2D eigenvalue weighted by molar-refractivity contribution is 5.87. The lowest BCUT2D eigenvalue weighted by Crippen LogP contribution is -2.10. The summed E-state index contributed by atoms with van der Waals surface area (Å²) in [6, 6.07) is 49.3. The van der Waals surface area contributed by atoms with Crippen molar-refractivity contribution in [2.75, 3.05) is 9.80 Å². The highest BCUT2D eigenvalue weighted by Crippen LogP contribution is 2.49. The van der Waals surface area contributed by atoms with Gasteiger partial charge in [-0.25, -0.2) is 0 Å². The normalized spacial score (nSPS) is 12.1. The zero-order chi connectivity index (χ0) is 30.4. The van der Waals surface area contributed by atoms with Crippen molar-refractivity contribution in [2.45, 2.75) is 40.5 Å². The van der Waals surface area contributed by atoms with Crippen LogP contribution in [0.5, 0.6) is 0 Å². The molecule has 0 aromatic heterocycles. The van der Waals surface area contributed by atoms with Crippen LogP contribution < -0.4 is 9.80 Å². The lowest BCUT2D eigenvalue weighted by molar-refractivity contribution is 0.955. The van der Waals surface area contributed by atoms with E-state index in [-0.39, 0.29) is 5.92 Å². The van der Waals surface area contributed by atoms with Gasteiger partial charge in [-0.05, 0) is 123 Å². The number of rotatable bonds is 6. The van der Waals surface area contributed by atoms with Crippen molar-refractivity contribution < 1.29 is 0 Å². The molecule has 2 heteroatoms. The first-order valence-corrected chi connectivity index (χ1v) is 15.5. The van der Waals surface area contributed by atoms with E-state index in [0.717, 1.165) is 22.7 Å². The van der Waals surface area contributed by atoms with E-state index < -0.39 is 0 Å². The number of aryl methyl sites for hydroxylation is 4. The first kappa shape index (κ1) is 27.7. The Morgan fingerprint density at radius 2 is 0.591 bits per heavy atom. The second kappa shape index (κ2) is 11.2. The first-order valence-electron chi connectivity index (χ1n) is 15.5. The number of benzene rings is 6. The molecule has 7 rings (SSSR count). The van der Waals surface area contributed by atoms with E-state index in [0.29, 0.717) is 0 Å². The fourth-order valence-corrected chi connectivity index (χ4v) is 6.42. The minimum atomic E-state index is 0.274. The molecule has 44 heavy (non-hydrogen) atoms. The molecule has 0 fully saturated rings. The molecular weight excluding hydrogens is 532 g/mol. The second-order valence-corrected chi connectivity index (χ2v) is 12.3. The van der Waals surface area contributed by atoms with Gasteiger partial charge in [-0.15, -0.1) is 0 Å². The van der Waals surface area contributed by atoms with Crippen molar-refractivity contribution in [1.29, 1.82) is 0 Å². The summed E-state index contributed by atoms with van der Waals surface area (Å²) in [7, 11) is 0. The average Bonchev–Trinajstić information content (AvgIpc) is 3.31. The van der Waals surface area contributed by atoms with E-state index in [1.165, 1.54) is 55.9 Å². The molecule has 1 aliphatic carbocycles. The van der Waals surface area contributed by atoms with Crippen molar-refractivity contribution in [3.05, 3.63) is 167 Å². The van der Waals surface area contributed by atoms with Gasteiger partial charge >= 0.3 is 0 Å². The molecule has 2 nitrogen and oxygen atoms in total. The predicted molar refractivity (Wildman–Crippen MR) is 188 cm³/mol. The number of fused-ring (bicyclic) bond motifs is 3. The van der Waals surface area contributed by atoms with Gasteiger partial charge in [0.15, 0.2) is 0 Å². The van der Waals surface area contributed by atoms with Gasteiger partial charge in [-0.1, -0.05) is 89.8 Å². The van der Waals surface area contributed by atoms with Crippen molar-refractivity contribution in [3.63, 3.8) is 0 Å². The Kier molecular flexibility index (Phi) is 7.06. The fraction of sp³-hybridized carbons (Fsp3) is 0.143. The molecule has 0 atom stereocenters. The summed E-state index contributed by atoms with van der Waals surface area (Å²) < 4.78 is 0. The smallest absolute Gasteiger partial charge is 0.0465 e. The lowest BCUT2D eigenvalue weighted by Gasteiger charge is -2.27. The molecule has 6 aromatic carbocycles. The van der Waals surface area contributed by atoms with Crippen LogP contribution in [0.25, 0.3) is 11.1 Å². The molecule has 0 saturated heterocycles. The number of nitrogens with zero attached hydrogens (tertiary/aromatic N) is 2. The van der Waals surface area contributed by atoms with Gasteiger partial charge in [0.05, 0.1) is 0 Å². The Morgan fingerprint density at radius 1 is 0.341 bits per heavy atom. The van der Waals surface area contributed by atoms with Crippen LogP contribution in [0.3, 0.4) is 0 Å². The van der Waals surface area contributed by atoms with Crippen LogP contribution >= 0.6 is 0 Å². The molecule has 0 heterocycles. The number of hydrogen-bond acceptors (Lipinski definition) is 2. The molecule has 6 aromatic rings. The highest BCUT2D eigenvalue weighted by atomic mass is 15.1. The van der Waals surface area contributed by atoms with Crippen LogP contribution in [0, 0.1) is 27.7 Å². The van der Waals surface area contributed by atoms with Gasteiger partial charge in [0.2, 0.25) is 0 Å². The van der Waals surface area contributed by atoms with Crippen LogP contribution in [0.2, 0.25) is 0 Å². The quantitative estimate of drug-likeness (QED) is 0.196. The maximum absolute atomic E-state index is 2.40. The van der Waals surface area contributed by atoms with Crippen molar-refractivity contribution in [2.24, 2.45) is 0 Å². The second-order valence-electron chi connectivity index (χ2n) is 12.3. The zero-order valence-corrected chi connectivity index (χ0v) is 26.2. The van der Waals surface area contributed by atoms with Crippen molar-refractivity contribution in [3.8, 4) is 11.1 Å². The number of anilines is 6. The largest absolute Gasteiger partial charge is 0.310 e. The summed E-state index contributed by atoms with van der Waals surface area (Å²) in [5.74, 6) is 0.274. The molecule has 0 aliphatic heterocycles. The summed E-state index contributed by atoms with van der Waals surface area (Å²) in [5, 5.41) is 0. The van der Waals surface area contributed by atoms with E-state index in [2.05, 4.69) is 178 Å². The van der Waals surface area contributed by atoms with Crippen LogP contribution in [-0.4, -0.2) is 0 Å².